The van der Waals surface area contributed by atoms with Crippen molar-refractivity contribution < 1.29 is 13.9 Å². The Morgan fingerprint density at radius 1 is 1.14 bits per heavy atom. The molecule has 0 spiro atoms. The number of anilines is 1. The van der Waals surface area contributed by atoms with E-state index in [0.717, 1.165) is 53.8 Å². The second-order valence-electron chi connectivity index (χ2n) is 12.5. The number of fused-ring (bicyclic) bond motifs is 3. The Hall–Kier alpha value is -4.46. The van der Waals surface area contributed by atoms with Gasteiger partial charge in [0.25, 0.3) is 5.91 Å². The monoisotopic (exact) mass is 575 g/mol. The molecule has 5 heterocycles. The highest BCUT2D eigenvalue weighted by molar-refractivity contribution is 6.10. The zero-order valence-corrected chi connectivity index (χ0v) is 24.0. The van der Waals surface area contributed by atoms with Crippen LogP contribution in [0.3, 0.4) is 0 Å². The van der Waals surface area contributed by atoms with E-state index in [9.17, 15) is 4.79 Å². The number of aryl methyl sites for hydroxylation is 1. The maximum absolute atomic E-state index is 15.5. The molecule has 2 saturated heterocycles. The highest BCUT2D eigenvalue weighted by atomic mass is 19.1. The van der Waals surface area contributed by atoms with Gasteiger partial charge in [0.15, 0.2) is 11.5 Å². The highest BCUT2D eigenvalue weighted by Crippen LogP contribution is 2.44. The van der Waals surface area contributed by atoms with Crippen molar-refractivity contribution in [3.63, 3.8) is 0 Å². The molecule has 0 radical (unpaired) electrons. The number of rotatable bonds is 6. The largest absolute Gasteiger partial charge is 0.372 e. The lowest BCUT2D eigenvalue weighted by molar-refractivity contribution is -0.0351. The predicted octanol–water partition coefficient (Wildman–Crippen LogP) is 5.63. The van der Waals surface area contributed by atoms with Crippen LogP contribution in [0.2, 0.25) is 0 Å². The third-order valence-electron chi connectivity index (χ3n) is 9.28. The summed E-state index contributed by atoms with van der Waals surface area (Å²) in [5.41, 5.74) is 5.40. The first-order valence-corrected chi connectivity index (χ1v) is 14.7. The van der Waals surface area contributed by atoms with E-state index < -0.39 is 0 Å². The smallest absolute Gasteiger partial charge is 0.260 e. The third kappa shape index (κ3) is 4.42. The molecule has 2 atom stereocenters. The molecule has 4 aromatic rings. The lowest BCUT2D eigenvalue weighted by Crippen LogP contribution is -2.40. The Bertz CT molecular complexity index is 1860. The number of carbonyl (C=O) groups excluding carboxylic acids is 1. The number of hydrogen-bond donors (Lipinski definition) is 0. The number of ether oxygens (including phenoxy) is 1. The van der Waals surface area contributed by atoms with Crippen LogP contribution >= 0.6 is 0 Å². The number of hydrogen-bond acceptors (Lipinski definition) is 6. The van der Waals surface area contributed by atoms with Gasteiger partial charge in [0.05, 0.1) is 25.3 Å². The fraction of sp³-hybridized carbons (Fsp3) is 0.364. The fourth-order valence-electron chi connectivity index (χ4n) is 6.92. The highest BCUT2D eigenvalue weighted by Gasteiger charge is 2.47. The lowest BCUT2D eigenvalue weighted by Gasteiger charge is -2.30. The zero-order chi connectivity index (χ0) is 29.5. The molecule has 2 bridgehead atoms. The summed E-state index contributed by atoms with van der Waals surface area (Å²) in [5.74, 6) is 0.870. The normalized spacial score (nSPS) is 22.8. The Balaban J connectivity index is 1.16. The van der Waals surface area contributed by atoms with Crippen LogP contribution < -0.4 is 4.90 Å². The standard InChI is InChI=1S/C33H30FN7O2/c1-33-13-23(16-43-33)40(17-33)14-19-8-26-27(28(34)9-19)15-41(32(26)42)30-11-21(10-29(37-30)20-4-5-20)24-7-6-22(35-2)12-25(24)31-38-36-18-39(31)3/h6-12,18,20,23H,4-5,13-17H2,1,3H3/t23-,33-/m1/s1. The van der Waals surface area contributed by atoms with Crippen LogP contribution in [0.25, 0.3) is 27.4 Å². The van der Waals surface area contributed by atoms with Crippen molar-refractivity contribution >= 4 is 17.4 Å². The topological polar surface area (TPSA) is 80.7 Å². The number of pyridine rings is 1. The van der Waals surface area contributed by atoms with Crippen LogP contribution in [0, 0.1) is 12.4 Å². The quantitative estimate of drug-likeness (QED) is 0.277. The van der Waals surface area contributed by atoms with Gasteiger partial charge in [-0.05, 0) is 73.2 Å². The van der Waals surface area contributed by atoms with Gasteiger partial charge < -0.3 is 9.30 Å². The van der Waals surface area contributed by atoms with E-state index in [1.807, 2.05) is 35.9 Å². The van der Waals surface area contributed by atoms with Crippen LogP contribution in [0.1, 0.15) is 59.3 Å². The van der Waals surface area contributed by atoms with E-state index in [2.05, 4.69) is 32.9 Å². The SMILES string of the molecule is [C-]#[N+]c1ccc(-c2cc(C3CC3)nc(N3Cc4c(F)cc(CN5C[C@@]6(C)C[C@@H]5CO6)cc4C3=O)c2)c(-c2nncn2C)c1. The minimum Gasteiger partial charge on any atom is -0.372 e. The summed E-state index contributed by atoms with van der Waals surface area (Å²) < 4.78 is 23.3. The Kier molecular flexibility index (Phi) is 5.80. The summed E-state index contributed by atoms with van der Waals surface area (Å²) in [6.45, 7) is 11.9. The number of nitrogens with zero attached hydrogens (tertiary/aromatic N) is 7. The van der Waals surface area contributed by atoms with Gasteiger partial charge in [-0.2, -0.15) is 0 Å². The number of carbonyl (C=O) groups is 1. The van der Waals surface area contributed by atoms with Crippen LogP contribution in [0.5, 0.6) is 0 Å². The molecule has 9 nitrogen and oxygen atoms in total. The van der Waals surface area contributed by atoms with Crippen molar-refractivity contribution in [2.24, 2.45) is 7.05 Å². The first kappa shape index (κ1) is 26.2. The van der Waals surface area contributed by atoms with Gasteiger partial charge in [0.2, 0.25) is 0 Å². The molecule has 8 rings (SSSR count). The molecule has 43 heavy (non-hydrogen) atoms. The average molecular weight is 576 g/mol. The van der Waals surface area contributed by atoms with Gasteiger partial charge in [-0.25, -0.2) is 14.2 Å². The number of amides is 1. The second-order valence-corrected chi connectivity index (χ2v) is 12.5. The Labute approximate surface area is 248 Å². The van der Waals surface area contributed by atoms with Crippen molar-refractivity contribution in [2.75, 3.05) is 18.1 Å². The lowest BCUT2D eigenvalue weighted by atomic mass is 9.97. The van der Waals surface area contributed by atoms with Gasteiger partial charge in [-0.15, -0.1) is 10.2 Å². The molecule has 10 heteroatoms. The summed E-state index contributed by atoms with van der Waals surface area (Å²) >= 11 is 0. The molecule has 2 aromatic heterocycles. The van der Waals surface area contributed by atoms with Crippen molar-refractivity contribution in [1.29, 1.82) is 0 Å². The zero-order valence-electron chi connectivity index (χ0n) is 24.0. The van der Waals surface area contributed by atoms with E-state index in [1.165, 1.54) is 0 Å². The number of likely N-dealkylation sites (tertiary alicyclic amines) is 1. The van der Waals surface area contributed by atoms with Crippen LogP contribution in [-0.2, 0) is 24.9 Å². The maximum Gasteiger partial charge on any atom is 0.260 e. The van der Waals surface area contributed by atoms with Crippen molar-refractivity contribution in [3.05, 3.63) is 88.4 Å². The van der Waals surface area contributed by atoms with Gasteiger partial charge in [0.1, 0.15) is 18.0 Å². The molecule has 4 aliphatic rings. The fourth-order valence-corrected chi connectivity index (χ4v) is 6.92. The molecule has 1 amide bonds. The van der Waals surface area contributed by atoms with E-state index in [-0.39, 0.29) is 23.9 Å². The number of benzene rings is 2. The Morgan fingerprint density at radius 3 is 2.70 bits per heavy atom. The number of morpholine rings is 1. The molecule has 2 aromatic carbocycles. The van der Waals surface area contributed by atoms with Gasteiger partial charge >= 0.3 is 0 Å². The number of aromatic nitrogens is 4. The van der Waals surface area contributed by atoms with Crippen molar-refractivity contribution in [3.8, 4) is 22.5 Å². The van der Waals surface area contributed by atoms with E-state index in [0.29, 0.717) is 53.6 Å². The second kappa shape index (κ2) is 9.53. The summed E-state index contributed by atoms with van der Waals surface area (Å²) in [6, 6.07) is 13.2. The predicted molar refractivity (Wildman–Crippen MR) is 158 cm³/mol. The van der Waals surface area contributed by atoms with Gasteiger partial charge in [-0.3, -0.25) is 14.6 Å². The van der Waals surface area contributed by atoms with Crippen LogP contribution in [0.15, 0.2) is 48.8 Å². The van der Waals surface area contributed by atoms with E-state index in [1.54, 1.807) is 23.4 Å². The van der Waals surface area contributed by atoms with Crippen LogP contribution in [-0.4, -0.2) is 55.4 Å². The first-order chi connectivity index (χ1) is 20.8. The average Bonchev–Trinajstić information content (AvgIpc) is 3.36. The molecule has 3 aliphatic heterocycles. The molecular formula is C33H30FN7O2. The first-order valence-electron chi connectivity index (χ1n) is 14.7. The summed E-state index contributed by atoms with van der Waals surface area (Å²) in [7, 11) is 1.86. The molecule has 0 unspecified atom stereocenters. The summed E-state index contributed by atoms with van der Waals surface area (Å²) in [4.78, 5) is 26.4. The van der Waals surface area contributed by atoms with E-state index in [4.69, 9.17) is 16.3 Å². The molecule has 3 fully saturated rings. The third-order valence-corrected chi connectivity index (χ3v) is 9.28. The van der Waals surface area contributed by atoms with Crippen molar-refractivity contribution in [1.82, 2.24) is 24.6 Å². The van der Waals surface area contributed by atoms with Crippen LogP contribution in [0.4, 0.5) is 15.9 Å². The van der Waals surface area contributed by atoms with E-state index >= 15 is 4.39 Å². The molecular weight excluding hydrogens is 545 g/mol. The molecule has 0 N–H and O–H groups in total. The minimum atomic E-state index is -0.354. The molecule has 1 saturated carbocycles. The van der Waals surface area contributed by atoms with Gasteiger partial charge in [-0.1, -0.05) is 12.1 Å². The summed E-state index contributed by atoms with van der Waals surface area (Å²) in [5, 5.41) is 8.35. The number of halogens is 1. The molecule has 1 aliphatic carbocycles. The maximum atomic E-state index is 15.5. The minimum absolute atomic E-state index is 0.131. The van der Waals surface area contributed by atoms with Crippen molar-refractivity contribution in [2.45, 2.75) is 56.8 Å². The molecule has 216 valence electrons. The Morgan fingerprint density at radius 2 is 2.00 bits per heavy atom. The summed E-state index contributed by atoms with van der Waals surface area (Å²) in [6.07, 6.45) is 4.69. The van der Waals surface area contributed by atoms with Gasteiger partial charge in [0, 0.05) is 54.5 Å².